The van der Waals surface area contributed by atoms with Crippen molar-refractivity contribution in [2.45, 2.75) is 58.4 Å². The van der Waals surface area contributed by atoms with Gasteiger partial charge in [-0.2, -0.15) is 0 Å². The fourth-order valence-electron chi connectivity index (χ4n) is 4.49. The van der Waals surface area contributed by atoms with Crippen LogP contribution in [0.15, 0.2) is 48.5 Å². The molecule has 2 aromatic carbocycles. The zero-order chi connectivity index (χ0) is 21.5. The van der Waals surface area contributed by atoms with E-state index in [9.17, 15) is 4.79 Å². The van der Waals surface area contributed by atoms with Gasteiger partial charge < -0.3 is 14.6 Å². The predicted octanol–water partition coefficient (Wildman–Crippen LogP) is 5.05. The van der Waals surface area contributed by atoms with E-state index in [4.69, 9.17) is 9.72 Å². The monoisotopic (exact) mass is 419 g/mol. The van der Waals surface area contributed by atoms with Gasteiger partial charge in [0.15, 0.2) is 0 Å². The van der Waals surface area contributed by atoms with Crippen molar-refractivity contribution in [1.82, 2.24) is 14.9 Å². The summed E-state index contributed by atoms with van der Waals surface area (Å²) in [6, 6.07) is 16.4. The number of imidazole rings is 1. The van der Waals surface area contributed by atoms with E-state index < -0.39 is 0 Å². The minimum atomic E-state index is 0.220. The molecule has 0 aliphatic heterocycles. The van der Waals surface area contributed by atoms with Crippen molar-refractivity contribution in [3.8, 4) is 5.75 Å². The Labute approximate surface area is 184 Å². The van der Waals surface area contributed by atoms with Gasteiger partial charge in [0.25, 0.3) is 0 Å². The molecule has 0 saturated heterocycles. The number of rotatable bonds is 9. The number of nitrogens with one attached hydrogen (secondary N) is 1. The van der Waals surface area contributed by atoms with Gasteiger partial charge in [-0.05, 0) is 56.0 Å². The minimum Gasteiger partial charge on any atom is -0.492 e. The van der Waals surface area contributed by atoms with E-state index in [1.165, 1.54) is 24.8 Å². The molecule has 1 aliphatic rings. The summed E-state index contributed by atoms with van der Waals surface area (Å²) in [6.45, 7) is 4.12. The average molecular weight is 420 g/mol. The maximum atomic E-state index is 12.4. The molecule has 1 heterocycles. The van der Waals surface area contributed by atoms with Crippen molar-refractivity contribution in [3.63, 3.8) is 0 Å². The molecule has 3 aromatic rings. The summed E-state index contributed by atoms with van der Waals surface area (Å²) in [6.07, 6.45) is 7.46. The standard InChI is InChI=1S/C26H33N3O2/c1-20-9-7-12-22(19-20)31-18-17-29-24-14-6-5-13-23(24)28-25(29)15-8-16-27-26(30)21-10-3-2-4-11-21/h5-7,9,12-14,19,21H,2-4,8,10-11,15-18H2,1H3,(H,27,30). The van der Waals surface area contributed by atoms with E-state index in [-0.39, 0.29) is 11.8 Å². The van der Waals surface area contributed by atoms with E-state index >= 15 is 0 Å². The summed E-state index contributed by atoms with van der Waals surface area (Å²) in [5.41, 5.74) is 3.34. The predicted molar refractivity (Wildman–Crippen MR) is 124 cm³/mol. The third kappa shape index (κ3) is 5.66. The van der Waals surface area contributed by atoms with Gasteiger partial charge in [-0.3, -0.25) is 4.79 Å². The second-order valence-electron chi connectivity index (χ2n) is 8.56. The number of benzene rings is 2. The number of carbonyl (C=O) groups excluding carboxylic acids is 1. The van der Waals surface area contributed by atoms with Crippen molar-refractivity contribution in [3.05, 3.63) is 59.9 Å². The molecule has 0 radical (unpaired) electrons. The zero-order valence-electron chi connectivity index (χ0n) is 18.5. The molecule has 0 unspecified atom stereocenters. The molecule has 1 aromatic heterocycles. The molecule has 0 bridgehead atoms. The molecule has 1 amide bonds. The van der Waals surface area contributed by atoms with Crippen molar-refractivity contribution in [1.29, 1.82) is 0 Å². The van der Waals surface area contributed by atoms with Crippen molar-refractivity contribution in [2.75, 3.05) is 13.2 Å². The molecule has 5 heteroatoms. The smallest absolute Gasteiger partial charge is 0.223 e. The molecule has 1 fully saturated rings. The van der Waals surface area contributed by atoms with Crippen molar-refractivity contribution in [2.24, 2.45) is 5.92 Å². The maximum absolute atomic E-state index is 12.4. The Morgan fingerprint density at radius 3 is 2.81 bits per heavy atom. The van der Waals surface area contributed by atoms with Gasteiger partial charge in [0.1, 0.15) is 18.2 Å². The zero-order valence-corrected chi connectivity index (χ0v) is 18.5. The lowest BCUT2D eigenvalue weighted by Gasteiger charge is -2.20. The van der Waals surface area contributed by atoms with Crippen LogP contribution in [0.1, 0.15) is 49.9 Å². The number of ether oxygens (including phenoxy) is 1. The Hall–Kier alpha value is -2.82. The highest BCUT2D eigenvalue weighted by Gasteiger charge is 2.20. The van der Waals surface area contributed by atoms with Gasteiger partial charge in [-0.1, -0.05) is 43.5 Å². The van der Waals surface area contributed by atoms with Gasteiger partial charge in [0.05, 0.1) is 17.6 Å². The Morgan fingerprint density at radius 2 is 1.97 bits per heavy atom. The highest BCUT2D eigenvalue weighted by atomic mass is 16.5. The summed E-state index contributed by atoms with van der Waals surface area (Å²) in [5, 5.41) is 3.15. The Balaban J connectivity index is 1.34. The first kappa shape index (κ1) is 21.4. The van der Waals surface area contributed by atoms with Crippen LogP contribution in [0.25, 0.3) is 11.0 Å². The molecule has 1 aliphatic carbocycles. The second-order valence-corrected chi connectivity index (χ2v) is 8.56. The third-order valence-corrected chi connectivity index (χ3v) is 6.16. The van der Waals surface area contributed by atoms with Crippen LogP contribution in [0.2, 0.25) is 0 Å². The lowest BCUT2D eigenvalue weighted by Crippen LogP contribution is -2.32. The van der Waals surface area contributed by atoms with E-state index in [0.717, 1.165) is 54.8 Å². The number of hydrogen-bond donors (Lipinski definition) is 1. The number of aromatic nitrogens is 2. The highest BCUT2D eigenvalue weighted by Crippen LogP contribution is 2.23. The Kier molecular flexibility index (Phi) is 7.23. The summed E-state index contributed by atoms with van der Waals surface area (Å²) in [4.78, 5) is 17.2. The summed E-state index contributed by atoms with van der Waals surface area (Å²) in [7, 11) is 0. The SMILES string of the molecule is Cc1cccc(OCCn2c(CCCNC(=O)C3CCCCC3)nc3ccccc32)c1. The molecular formula is C26H33N3O2. The number of fused-ring (bicyclic) bond motifs is 1. The quantitative estimate of drug-likeness (QED) is 0.494. The number of hydrogen-bond acceptors (Lipinski definition) is 3. The first-order valence-electron chi connectivity index (χ1n) is 11.6. The second kappa shape index (κ2) is 10.5. The molecule has 31 heavy (non-hydrogen) atoms. The van der Waals surface area contributed by atoms with Crippen LogP contribution in [0.3, 0.4) is 0 Å². The summed E-state index contributed by atoms with van der Waals surface area (Å²) in [5.74, 6) is 2.41. The maximum Gasteiger partial charge on any atom is 0.223 e. The van der Waals surface area contributed by atoms with Crippen LogP contribution in [0.4, 0.5) is 0 Å². The fourth-order valence-corrected chi connectivity index (χ4v) is 4.49. The fraction of sp³-hybridized carbons (Fsp3) is 0.462. The first-order chi connectivity index (χ1) is 15.2. The van der Waals surface area contributed by atoms with Gasteiger partial charge in [0.2, 0.25) is 5.91 Å². The summed E-state index contributed by atoms with van der Waals surface area (Å²) >= 11 is 0. The van der Waals surface area contributed by atoms with Gasteiger partial charge >= 0.3 is 0 Å². The molecule has 4 rings (SSSR count). The van der Waals surface area contributed by atoms with Crippen LogP contribution < -0.4 is 10.1 Å². The number of carbonyl (C=O) groups is 1. The topological polar surface area (TPSA) is 56.1 Å². The normalized spacial score (nSPS) is 14.6. The highest BCUT2D eigenvalue weighted by molar-refractivity contribution is 5.78. The number of amides is 1. The first-order valence-corrected chi connectivity index (χ1v) is 11.6. The molecule has 5 nitrogen and oxygen atoms in total. The molecule has 1 N–H and O–H groups in total. The summed E-state index contributed by atoms with van der Waals surface area (Å²) < 4.78 is 8.24. The molecule has 164 valence electrons. The van der Waals surface area contributed by atoms with Gasteiger partial charge in [-0.15, -0.1) is 0 Å². The molecule has 0 spiro atoms. The minimum absolute atomic E-state index is 0.220. The van der Waals surface area contributed by atoms with Crippen LogP contribution in [0, 0.1) is 12.8 Å². The molecule has 0 atom stereocenters. The van der Waals surface area contributed by atoms with Crippen LogP contribution in [-0.2, 0) is 17.8 Å². The molecule has 1 saturated carbocycles. The lowest BCUT2D eigenvalue weighted by atomic mass is 9.89. The van der Waals surface area contributed by atoms with Gasteiger partial charge in [-0.25, -0.2) is 4.98 Å². The van der Waals surface area contributed by atoms with Crippen molar-refractivity contribution >= 4 is 16.9 Å². The number of nitrogens with zero attached hydrogens (tertiary/aromatic N) is 2. The van der Waals surface area contributed by atoms with E-state index in [2.05, 4.69) is 47.1 Å². The van der Waals surface area contributed by atoms with E-state index in [1.807, 2.05) is 18.2 Å². The third-order valence-electron chi connectivity index (χ3n) is 6.16. The largest absolute Gasteiger partial charge is 0.492 e. The Bertz CT molecular complexity index is 1000. The average Bonchev–Trinajstić information content (AvgIpc) is 3.15. The molecular weight excluding hydrogens is 386 g/mol. The van der Waals surface area contributed by atoms with E-state index in [0.29, 0.717) is 13.2 Å². The Morgan fingerprint density at radius 1 is 1.13 bits per heavy atom. The number of aryl methyl sites for hydroxylation is 2. The van der Waals surface area contributed by atoms with Crippen LogP contribution in [0.5, 0.6) is 5.75 Å². The number of para-hydroxylation sites is 2. The van der Waals surface area contributed by atoms with Crippen LogP contribution in [-0.4, -0.2) is 28.6 Å². The van der Waals surface area contributed by atoms with Gasteiger partial charge in [0, 0.05) is 18.9 Å². The van der Waals surface area contributed by atoms with Crippen LogP contribution >= 0.6 is 0 Å². The lowest BCUT2D eigenvalue weighted by molar-refractivity contribution is -0.125. The van der Waals surface area contributed by atoms with E-state index in [1.54, 1.807) is 0 Å². The van der Waals surface area contributed by atoms with Crippen molar-refractivity contribution < 1.29 is 9.53 Å².